The first-order chi connectivity index (χ1) is 12.5. The Hall–Kier alpha value is -3.48. The average Bonchev–Trinajstić information content (AvgIpc) is 3.03. The number of aryl methyl sites for hydroxylation is 2. The van der Waals surface area contributed by atoms with E-state index in [0.29, 0.717) is 12.1 Å². The van der Waals surface area contributed by atoms with Crippen molar-refractivity contribution in [1.29, 1.82) is 0 Å². The maximum atomic E-state index is 11.3. The van der Waals surface area contributed by atoms with E-state index in [1.807, 2.05) is 54.8 Å². The fourth-order valence-electron chi connectivity index (χ4n) is 3.12. The zero-order valence-electron chi connectivity index (χ0n) is 14.4. The number of fused-ring (bicyclic) bond motifs is 2. The first-order valence-electron chi connectivity index (χ1n) is 8.25. The van der Waals surface area contributed by atoms with Crippen molar-refractivity contribution >= 4 is 27.9 Å². The van der Waals surface area contributed by atoms with Gasteiger partial charge in [-0.25, -0.2) is 9.97 Å². The van der Waals surface area contributed by atoms with Crippen molar-refractivity contribution in [2.45, 2.75) is 20.4 Å². The van der Waals surface area contributed by atoms with Crippen molar-refractivity contribution in [3.63, 3.8) is 0 Å². The molecule has 0 spiro atoms. The van der Waals surface area contributed by atoms with Gasteiger partial charge in [0.25, 0.3) is 5.69 Å². The number of non-ortho nitro benzene ring substituents is 1. The third kappa shape index (κ3) is 2.73. The number of nitro benzene ring substituents is 1. The third-order valence-corrected chi connectivity index (χ3v) is 4.35. The van der Waals surface area contributed by atoms with Crippen LogP contribution >= 0.6 is 0 Å². The Morgan fingerprint density at radius 3 is 2.73 bits per heavy atom. The second-order valence-electron chi connectivity index (χ2n) is 6.22. The zero-order valence-corrected chi connectivity index (χ0v) is 14.4. The van der Waals surface area contributed by atoms with Crippen LogP contribution in [0.4, 0.5) is 11.4 Å². The van der Waals surface area contributed by atoms with Gasteiger partial charge < -0.3 is 9.72 Å². The molecule has 4 aromatic rings. The molecule has 3 heterocycles. The topological polar surface area (TPSA) is 85.4 Å². The SMILES string of the molecule is Cc1cc(NCc2cn3c(C)cccc3n2)c2cccc([N+](=O)[O-])c2n1. The number of imidazole rings is 1. The highest BCUT2D eigenvalue weighted by molar-refractivity contribution is 5.96. The number of anilines is 1. The standard InChI is InChI=1S/C19H17N5O2/c1-12-9-16(15-6-4-7-17(24(25)26)19(15)21-12)20-10-14-11-23-13(2)5-3-8-18(23)22-14/h3-9,11H,10H2,1-2H3,(H,20,21). The first-order valence-corrected chi connectivity index (χ1v) is 8.25. The fourth-order valence-corrected chi connectivity index (χ4v) is 3.12. The van der Waals surface area contributed by atoms with Gasteiger partial charge in [0.1, 0.15) is 5.65 Å². The van der Waals surface area contributed by atoms with Gasteiger partial charge in [-0.15, -0.1) is 0 Å². The largest absolute Gasteiger partial charge is 0.379 e. The van der Waals surface area contributed by atoms with Crippen LogP contribution in [0.5, 0.6) is 0 Å². The van der Waals surface area contributed by atoms with Gasteiger partial charge in [0.2, 0.25) is 0 Å². The summed E-state index contributed by atoms with van der Waals surface area (Å²) in [7, 11) is 0. The minimum absolute atomic E-state index is 0.0117. The van der Waals surface area contributed by atoms with Gasteiger partial charge in [0, 0.05) is 34.7 Å². The molecule has 0 aliphatic carbocycles. The van der Waals surface area contributed by atoms with Crippen molar-refractivity contribution in [2.75, 3.05) is 5.32 Å². The highest BCUT2D eigenvalue weighted by Gasteiger charge is 2.15. The predicted molar refractivity (Wildman–Crippen MR) is 100 cm³/mol. The van der Waals surface area contributed by atoms with Crippen LogP contribution in [-0.2, 0) is 6.54 Å². The number of pyridine rings is 2. The van der Waals surface area contributed by atoms with Gasteiger partial charge >= 0.3 is 0 Å². The number of hydrogen-bond donors (Lipinski definition) is 1. The Balaban J connectivity index is 1.71. The van der Waals surface area contributed by atoms with Gasteiger partial charge in [-0.05, 0) is 32.0 Å². The van der Waals surface area contributed by atoms with E-state index in [9.17, 15) is 10.1 Å². The Kier molecular flexibility index (Phi) is 3.76. The second-order valence-corrected chi connectivity index (χ2v) is 6.22. The van der Waals surface area contributed by atoms with Crippen LogP contribution in [0.15, 0.2) is 48.7 Å². The second kappa shape index (κ2) is 6.11. The van der Waals surface area contributed by atoms with Crippen LogP contribution in [0.1, 0.15) is 17.1 Å². The lowest BCUT2D eigenvalue weighted by Gasteiger charge is -2.10. The summed E-state index contributed by atoms with van der Waals surface area (Å²) in [5.74, 6) is 0. The van der Waals surface area contributed by atoms with Crippen molar-refractivity contribution in [3.8, 4) is 0 Å². The average molecular weight is 347 g/mol. The molecule has 7 heteroatoms. The van der Waals surface area contributed by atoms with Gasteiger partial charge in [0.15, 0.2) is 5.52 Å². The van der Waals surface area contributed by atoms with Gasteiger partial charge in [-0.3, -0.25) is 10.1 Å². The number of rotatable bonds is 4. The van der Waals surface area contributed by atoms with E-state index >= 15 is 0 Å². The third-order valence-electron chi connectivity index (χ3n) is 4.35. The maximum absolute atomic E-state index is 11.3. The quantitative estimate of drug-likeness (QED) is 0.445. The summed E-state index contributed by atoms with van der Waals surface area (Å²) in [6.45, 7) is 4.38. The van der Waals surface area contributed by atoms with Gasteiger partial charge in [-0.2, -0.15) is 0 Å². The molecule has 0 atom stereocenters. The normalized spacial score (nSPS) is 11.2. The van der Waals surface area contributed by atoms with E-state index in [1.54, 1.807) is 6.07 Å². The maximum Gasteiger partial charge on any atom is 0.295 e. The highest BCUT2D eigenvalue weighted by Crippen LogP contribution is 2.30. The summed E-state index contributed by atoms with van der Waals surface area (Å²) in [6, 6.07) is 12.9. The number of nitrogens with zero attached hydrogens (tertiary/aromatic N) is 4. The summed E-state index contributed by atoms with van der Waals surface area (Å²) in [5, 5.41) is 15.4. The number of aromatic nitrogens is 3. The summed E-state index contributed by atoms with van der Waals surface area (Å²) >= 11 is 0. The van der Waals surface area contributed by atoms with Gasteiger partial charge in [0.05, 0.1) is 17.2 Å². The molecule has 130 valence electrons. The molecule has 0 fully saturated rings. The molecule has 3 aromatic heterocycles. The number of nitrogens with one attached hydrogen (secondary N) is 1. The molecule has 0 unspecified atom stereocenters. The molecular formula is C19H17N5O2. The molecule has 0 amide bonds. The van der Waals surface area contributed by atoms with Crippen molar-refractivity contribution in [2.24, 2.45) is 0 Å². The molecule has 4 rings (SSSR count). The van der Waals surface area contributed by atoms with E-state index in [2.05, 4.69) is 15.3 Å². The van der Waals surface area contributed by atoms with Crippen LogP contribution in [0, 0.1) is 24.0 Å². The molecule has 0 aliphatic rings. The number of hydrogen-bond acceptors (Lipinski definition) is 5. The van der Waals surface area contributed by atoms with E-state index in [4.69, 9.17) is 0 Å². The monoisotopic (exact) mass is 347 g/mol. The molecule has 0 saturated carbocycles. The molecule has 26 heavy (non-hydrogen) atoms. The fraction of sp³-hybridized carbons (Fsp3) is 0.158. The van der Waals surface area contributed by atoms with Crippen LogP contribution in [0.2, 0.25) is 0 Å². The number of benzene rings is 1. The highest BCUT2D eigenvalue weighted by atomic mass is 16.6. The molecule has 0 aliphatic heterocycles. The summed E-state index contributed by atoms with van der Waals surface area (Å²) < 4.78 is 2.04. The first kappa shape index (κ1) is 16.0. The molecule has 1 aromatic carbocycles. The Bertz CT molecular complexity index is 1150. The minimum atomic E-state index is -0.399. The summed E-state index contributed by atoms with van der Waals surface area (Å²) in [6.07, 6.45) is 2.00. The minimum Gasteiger partial charge on any atom is -0.379 e. The lowest BCUT2D eigenvalue weighted by Crippen LogP contribution is -2.02. The molecule has 1 N–H and O–H groups in total. The molecular weight excluding hydrogens is 330 g/mol. The summed E-state index contributed by atoms with van der Waals surface area (Å²) in [4.78, 5) is 19.9. The smallest absolute Gasteiger partial charge is 0.295 e. The number of para-hydroxylation sites is 1. The van der Waals surface area contributed by atoms with E-state index in [-0.39, 0.29) is 5.69 Å². The van der Waals surface area contributed by atoms with E-state index in [0.717, 1.165) is 33.8 Å². The van der Waals surface area contributed by atoms with Crippen molar-refractivity contribution in [3.05, 3.63) is 75.9 Å². The van der Waals surface area contributed by atoms with E-state index < -0.39 is 4.92 Å². The Labute approximate surface area is 149 Å². The van der Waals surface area contributed by atoms with Gasteiger partial charge in [-0.1, -0.05) is 18.2 Å². The van der Waals surface area contributed by atoms with Crippen LogP contribution in [0.3, 0.4) is 0 Å². The number of nitro groups is 1. The van der Waals surface area contributed by atoms with E-state index in [1.165, 1.54) is 6.07 Å². The molecule has 0 saturated heterocycles. The molecule has 7 nitrogen and oxygen atoms in total. The van der Waals surface area contributed by atoms with Crippen LogP contribution < -0.4 is 5.32 Å². The lowest BCUT2D eigenvalue weighted by atomic mass is 10.1. The zero-order chi connectivity index (χ0) is 18.3. The Morgan fingerprint density at radius 2 is 1.96 bits per heavy atom. The van der Waals surface area contributed by atoms with Crippen molar-refractivity contribution < 1.29 is 4.92 Å². The van der Waals surface area contributed by atoms with Crippen molar-refractivity contribution in [1.82, 2.24) is 14.4 Å². The summed E-state index contributed by atoms with van der Waals surface area (Å²) in [5.41, 5.74) is 4.84. The predicted octanol–water partition coefficient (Wildman–Crippen LogP) is 4.02. The van der Waals surface area contributed by atoms with Crippen LogP contribution in [0.25, 0.3) is 16.6 Å². The Morgan fingerprint density at radius 1 is 1.15 bits per heavy atom. The van der Waals surface area contributed by atoms with Crippen LogP contribution in [-0.4, -0.2) is 19.3 Å². The molecule has 0 radical (unpaired) electrons. The lowest BCUT2D eigenvalue weighted by molar-refractivity contribution is -0.383. The molecule has 0 bridgehead atoms.